The Kier molecular flexibility index (Phi) is 4.49. The number of hydrogen-bond donors (Lipinski definition) is 1. The summed E-state index contributed by atoms with van der Waals surface area (Å²) >= 11 is 1.75. The SMILES string of the molecule is CCCNCc1sc(-c2nccn2C)nc1CC. The normalized spacial score (nSPS) is 11.1. The lowest BCUT2D eigenvalue weighted by Gasteiger charge is -2.01. The molecule has 0 aliphatic heterocycles. The first-order chi connectivity index (χ1) is 8.76. The first-order valence-electron chi connectivity index (χ1n) is 6.43. The van der Waals surface area contributed by atoms with Gasteiger partial charge in [0.05, 0.1) is 5.69 Å². The van der Waals surface area contributed by atoms with Gasteiger partial charge in [-0.1, -0.05) is 13.8 Å². The van der Waals surface area contributed by atoms with Crippen molar-refractivity contribution in [3.63, 3.8) is 0 Å². The molecule has 2 aromatic rings. The average molecular weight is 264 g/mol. The molecule has 18 heavy (non-hydrogen) atoms. The molecule has 0 saturated heterocycles. The van der Waals surface area contributed by atoms with E-state index in [9.17, 15) is 0 Å². The Labute approximate surface area is 112 Å². The molecule has 2 aromatic heterocycles. The van der Waals surface area contributed by atoms with Gasteiger partial charge in [0.15, 0.2) is 10.8 Å². The van der Waals surface area contributed by atoms with E-state index in [4.69, 9.17) is 4.98 Å². The smallest absolute Gasteiger partial charge is 0.168 e. The molecule has 0 atom stereocenters. The summed E-state index contributed by atoms with van der Waals surface area (Å²) in [6.07, 6.45) is 5.91. The summed E-state index contributed by atoms with van der Waals surface area (Å²) in [4.78, 5) is 10.4. The number of hydrogen-bond acceptors (Lipinski definition) is 4. The van der Waals surface area contributed by atoms with Crippen molar-refractivity contribution in [3.05, 3.63) is 23.0 Å². The van der Waals surface area contributed by atoms with Gasteiger partial charge in [0.25, 0.3) is 0 Å². The molecular weight excluding hydrogens is 244 g/mol. The number of aryl methyl sites for hydroxylation is 2. The molecule has 98 valence electrons. The second-order valence-corrected chi connectivity index (χ2v) is 5.36. The van der Waals surface area contributed by atoms with E-state index in [1.807, 2.05) is 24.0 Å². The lowest BCUT2D eigenvalue weighted by Crippen LogP contribution is -2.13. The van der Waals surface area contributed by atoms with Gasteiger partial charge in [-0.2, -0.15) is 0 Å². The van der Waals surface area contributed by atoms with Crippen LogP contribution in [-0.4, -0.2) is 21.1 Å². The quantitative estimate of drug-likeness (QED) is 0.816. The Morgan fingerprint density at radius 2 is 2.22 bits per heavy atom. The first kappa shape index (κ1) is 13.2. The molecule has 0 spiro atoms. The molecule has 1 N–H and O–H groups in total. The zero-order valence-corrected chi connectivity index (χ0v) is 12.0. The van der Waals surface area contributed by atoms with Crippen LogP contribution >= 0.6 is 11.3 Å². The highest BCUT2D eigenvalue weighted by molar-refractivity contribution is 7.15. The third kappa shape index (κ3) is 2.79. The maximum absolute atomic E-state index is 4.71. The van der Waals surface area contributed by atoms with Crippen LogP contribution in [0, 0.1) is 0 Å². The van der Waals surface area contributed by atoms with E-state index in [0.717, 1.165) is 36.8 Å². The first-order valence-corrected chi connectivity index (χ1v) is 7.24. The van der Waals surface area contributed by atoms with Crippen molar-refractivity contribution in [2.24, 2.45) is 7.05 Å². The molecule has 0 saturated carbocycles. The van der Waals surface area contributed by atoms with Crippen LogP contribution in [0.15, 0.2) is 12.4 Å². The van der Waals surface area contributed by atoms with Crippen LogP contribution in [0.4, 0.5) is 0 Å². The van der Waals surface area contributed by atoms with Crippen LogP contribution in [0.5, 0.6) is 0 Å². The van der Waals surface area contributed by atoms with Crippen LogP contribution in [0.3, 0.4) is 0 Å². The Bertz CT molecular complexity index is 501. The largest absolute Gasteiger partial charge is 0.332 e. The second kappa shape index (κ2) is 6.11. The van der Waals surface area contributed by atoms with Gasteiger partial charge in [0.2, 0.25) is 0 Å². The van der Waals surface area contributed by atoms with Gasteiger partial charge in [-0.05, 0) is 19.4 Å². The minimum absolute atomic E-state index is 0.916. The topological polar surface area (TPSA) is 42.7 Å². The molecule has 0 aromatic carbocycles. The fourth-order valence-electron chi connectivity index (χ4n) is 1.84. The molecule has 5 heteroatoms. The summed E-state index contributed by atoms with van der Waals surface area (Å²) in [7, 11) is 2.00. The van der Waals surface area contributed by atoms with Gasteiger partial charge in [-0.25, -0.2) is 9.97 Å². The van der Waals surface area contributed by atoms with Gasteiger partial charge < -0.3 is 9.88 Å². The van der Waals surface area contributed by atoms with E-state index < -0.39 is 0 Å². The predicted octanol–water partition coefficient (Wildman–Crippen LogP) is 2.61. The fourth-order valence-corrected chi connectivity index (χ4v) is 3.00. The van der Waals surface area contributed by atoms with Crippen molar-refractivity contribution in [1.29, 1.82) is 0 Å². The molecule has 4 nitrogen and oxygen atoms in total. The summed E-state index contributed by atoms with van der Waals surface area (Å²) in [5, 5.41) is 4.46. The predicted molar refractivity (Wildman–Crippen MR) is 75.7 cm³/mol. The highest BCUT2D eigenvalue weighted by Gasteiger charge is 2.13. The maximum Gasteiger partial charge on any atom is 0.168 e. The molecule has 2 heterocycles. The van der Waals surface area contributed by atoms with Crippen molar-refractivity contribution in [1.82, 2.24) is 19.9 Å². The molecule has 2 rings (SSSR count). The number of rotatable bonds is 6. The summed E-state index contributed by atoms with van der Waals surface area (Å²) in [6, 6.07) is 0. The van der Waals surface area contributed by atoms with Crippen LogP contribution in [-0.2, 0) is 20.0 Å². The number of imidazole rings is 1. The third-order valence-electron chi connectivity index (χ3n) is 2.84. The van der Waals surface area contributed by atoms with E-state index in [-0.39, 0.29) is 0 Å². The minimum Gasteiger partial charge on any atom is -0.332 e. The zero-order valence-electron chi connectivity index (χ0n) is 11.2. The highest BCUT2D eigenvalue weighted by Crippen LogP contribution is 2.27. The number of nitrogens with zero attached hydrogens (tertiary/aromatic N) is 3. The molecule has 0 amide bonds. The van der Waals surface area contributed by atoms with Crippen molar-refractivity contribution in [2.75, 3.05) is 6.54 Å². The standard InChI is InChI=1S/C13H20N4S/c1-4-6-14-9-11-10(5-2)16-13(18-11)12-15-7-8-17(12)3/h7-8,14H,4-6,9H2,1-3H3. The summed E-state index contributed by atoms with van der Waals surface area (Å²) < 4.78 is 2.02. The lowest BCUT2D eigenvalue weighted by atomic mass is 10.3. The summed E-state index contributed by atoms with van der Waals surface area (Å²) in [6.45, 7) is 6.30. The highest BCUT2D eigenvalue weighted by atomic mass is 32.1. The molecule has 0 aliphatic rings. The molecule has 0 fully saturated rings. The van der Waals surface area contributed by atoms with Crippen molar-refractivity contribution in [3.8, 4) is 10.8 Å². The maximum atomic E-state index is 4.71. The van der Waals surface area contributed by atoms with Crippen LogP contribution in [0.2, 0.25) is 0 Å². The van der Waals surface area contributed by atoms with E-state index >= 15 is 0 Å². The Morgan fingerprint density at radius 3 is 2.83 bits per heavy atom. The van der Waals surface area contributed by atoms with Crippen LogP contribution < -0.4 is 5.32 Å². The Hall–Kier alpha value is -1.20. The fraction of sp³-hybridized carbons (Fsp3) is 0.538. The van der Waals surface area contributed by atoms with Crippen LogP contribution in [0.1, 0.15) is 30.8 Å². The van der Waals surface area contributed by atoms with E-state index in [0.29, 0.717) is 0 Å². The van der Waals surface area contributed by atoms with Crippen molar-refractivity contribution in [2.45, 2.75) is 33.2 Å². The average Bonchev–Trinajstić information content (AvgIpc) is 2.95. The Morgan fingerprint density at radius 1 is 1.39 bits per heavy atom. The monoisotopic (exact) mass is 264 g/mol. The lowest BCUT2D eigenvalue weighted by molar-refractivity contribution is 0.676. The van der Waals surface area contributed by atoms with Gasteiger partial charge in [-0.3, -0.25) is 0 Å². The van der Waals surface area contributed by atoms with E-state index in [2.05, 4.69) is 24.1 Å². The Balaban J connectivity index is 2.21. The van der Waals surface area contributed by atoms with Crippen molar-refractivity contribution >= 4 is 11.3 Å². The molecule has 0 radical (unpaired) electrons. The van der Waals surface area contributed by atoms with Gasteiger partial charge in [0, 0.05) is 30.9 Å². The molecule has 0 unspecified atom stereocenters. The third-order valence-corrected chi connectivity index (χ3v) is 3.93. The van der Waals surface area contributed by atoms with Gasteiger partial charge >= 0.3 is 0 Å². The number of aromatic nitrogens is 3. The summed E-state index contributed by atoms with van der Waals surface area (Å²) in [5.41, 5.74) is 1.20. The van der Waals surface area contributed by atoms with Gasteiger partial charge in [0.1, 0.15) is 0 Å². The molecule has 0 aliphatic carbocycles. The molecular formula is C13H20N4S. The van der Waals surface area contributed by atoms with E-state index in [1.165, 1.54) is 10.6 Å². The second-order valence-electron chi connectivity index (χ2n) is 4.28. The van der Waals surface area contributed by atoms with Crippen LogP contribution in [0.25, 0.3) is 10.8 Å². The number of nitrogens with one attached hydrogen (secondary N) is 1. The summed E-state index contributed by atoms with van der Waals surface area (Å²) in [5.74, 6) is 0.955. The van der Waals surface area contributed by atoms with Gasteiger partial charge in [-0.15, -0.1) is 11.3 Å². The zero-order chi connectivity index (χ0) is 13.0. The minimum atomic E-state index is 0.916. The van der Waals surface area contributed by atoms with E-state index in [1.54, 1.807) is 11.3 Å². The number of thiazole rings is 1. The van der Waals surface area contributed by atoms with Crippen molar-refractivity contribution < 1.29 is 0 Å². The molecule has 0 bridgehead atoms.